The van der Waals surface area contributed by atoms with E-state index in [-0.39, 0.29) is 5.91 Å². The number of hydrogen-bond donors (Lipinski definition) is 2. The summed E-state index contributed by atoms with van der Waals surface area (Å²) in [6, 6.07) is 9.22. The van der Waals surface area contributed by atoms with Crippen molar-refractivity contribution < 1.29 is 4.79 Å². The van der Waals surface area contributed by atoms with E-state index in [1.165, 1.54) is 6.33 Å². The molecule has 1 aromatic heterocycles. The zero-order valence-electron chi connectivity index (χ0n) is 11.5. The number of hydrogen-bond acceptors (Lipinski definition) is 4. The number of carbonyl (C=O) groups is 1. The van der Waals surface area contributed by atoms with Gasteiger partial charge in [-0.05, 0) is 38.1 Å². The number of rotatable bonds is 4. The predicted molar refractivity (Wildman–Crippen MR) is 79.9 cm³/mol. The van der Waals surface area contributed by atoms with Crippen LogP contribution in [0.2, 0.25) is 0 Å². The molecule has 0 unspecified atom stereocenters. The van der Waals surface area contributed by atoms with Crippen molar-refractivity contribution in [2.45, 2.75) is 13.8 Å². The van der Waals surface area contributed by atoms with E-state index < -0.39 is 0 Å². The van der Waals surface area contributed by atoms with Gasteiger partial charge in [-0.25, -0.2) is 9.97 Å². The van der Waals surface area contributed by atoms with E-state index in [0.29, 0.717) is 5.57 Å². The van der Waals surface area contributed by atoms with E-state index in [4.69, 9.17) is 0 Å². The minimum atomic E-state index is -0.183. The first-order valence-electron chi connectivity index (χ1n) is 6.17. The predicted octanol–water partition coefficient (Wildman–Crippen LogP) is 3.04. The van der Waals surface area contributed by atoms with Gasteiger partial charge < -0.3 is 10.6 Å². The van der Waals surface area contributed by atoms with E-state index in [9.17, 15) is 4.79 Å². The molecule has 2 rings (SSSR count). The Labute approximate surface area is 117 Å². The van der Waals surface area contributed by atoms with Gasteiger partial charge in [0, 0.05) is 28.7 Å². The Morgan fingerprint density at radius 2 is 1.80 bits per heavy atom. The highest BCUT2D eigenvalue weighted by molar-refractivity contribution is 6.02. The number of anilines is 3. The number of aromatic nitrogens is 2. The lowest BCUT2D eigenvalue weighted by Gasteiger charge is -2.08. The molecule has 20 heavy (non-hydrogen) atoms. The summed E-state index contributed by atoms with van der Waals surface area (Å²) in [5.41, 5.74) is 2.98. The van der Waals surface area contributed by atoms with Crippen LogP contribution in [0.5, 0.6) is 0 Å². The Morgan fingerprint density at radius 1 is 1.15 bits per heavy atom. The second kappa shape index (κ2) is 5.97. The van der Waals surface area contributed by atoms with Gasteiger partial charge in [-0.2, -0.15) is 0 Å². The first-order chi connectivity index (χ1) is 9.54. The monoisotopic (exact) mass is 268 g/mol. The molecule has 0 atom stereocenters. The highest BCUT2D eigenvalue weighted by Gasteiger charge is 2.02. The van der Waals surface area contributed by atoms with E-state index in [0.717, 1.165) is 22.9 Å². The van der Waals surface area contributed by atoms with Crippen LogP contribution >= 0.6 is 0 Å². The Morgan fingerprint density at radius 3 is 2.40 bits per heavy atom. The van der Waals surface area contributed by atoms with Gasteiger partial charge in [-0.3, -0.25) is 4.79 Å². The van der Waals surface area contributed by atoms with Gasteiger partial charge in [0.25, 0.3) is 5.91 Å². The van der Waals surface area contributed by atoms with Gasteiger partial charge in [-0.1, -0.05) is 6.58 Å². The van der Waals surface area contributed by atoms with Gasteiger partial charge in [0.2, 0.25) is 0 Å². The standard InChI is InChI=1S/C15H16N4O/c1-10(2)15(20)19-13-6-4-12(5-7-13)18-14-8-11(3)16-9-17-14/h4-9H,1H2,2-3H3,(H,19,20)(H,16,17,18). The average Bonchev–Trinajstić information content (AvgIpc) is 2.41. The number of benzene rings is 1. The van der Waals surface area contributed by atoms with Crippen molar-refractivity contribution in [2.75, 3.05) is 10.6 Å². The molecule has 0 bridgehead atoms. The van der Waals surface area contributed by atoms with Crippen LogP contribution in [-0.2, 0) is 4.79 Å². The second-order valence-electron chi connectivity index (χ2n) is 4.48. The largest absolute Gasteiger partial charge is 0.340 e. The summed E-state index contributed by atoms with van der Waals surface area (Å²) < 4.78 is 0. The third-order valence-corrected chi connectivity index (χ3v) is 2.61. The molecular formula is C15H16N4O. The van der Waals surface area contributed by atoms with Gasteiger partial charge in [-0.15, -0.1) is 0 Å². The first kappa shape index (κ1) is 13.7. The van der Waals surface area contributed by atoms with Crippen molar-refractivity contribution in [3.8, 4) is 0 Å². The van der Waals surface area contributed by atoms with E-state index in [2.05, 4.69) is 27.2 Å². The molecule has 2 aromatic rings. The summed E-state index contributed by atoms with van der Waals surface area (Å²) in [7, 11) is 0. The molecule has 1 heterocycles. The van der Waals surface area contributed by atoms with Crippen LogP contribution in [0, 0.1) is 6.92 Å². The molecule has 1 aromatic carbocycles. The summed E-state index contributed by atoms with van der Waals surface area (Å²) in [5, 5.41) is 5.92. The second-order valence-corrected chi connectivity index (χ2v) is 4.48. The number of aryl methyl sites for hydroxylation is 1. The maximum atomic E-state index is 11.5. The molecule has 0 saturated carbocycles. The molecule has 0 spiro atoms. The lowest BCUT2D eigenvalue weighted by Crippen LogP contribution is -2.11. The summed E-state index contributed by atoms with van der Waals surface area (Å²) in [6.07, 6.45) is 1.51. The summed E-state index contributed by atoms with van der Waals surface area (Å²) >= 11 is 0. The molecule has 1 amide bonds. The molecule has 0 radical (unpaired) electrons. The maximum Gasteiger partial charge on any atom is 0.250 e. The number of amides is 1. The molecular weight excluding hydrogens is 252 g/mol. The SMILES string of the molecule is C=C(C)C(=O)Nc1ccc(Nc2cc(C)ncn2)cc1. The van der Waals surface area contributed by atoms with Crippen LogP contribution in [0.1, 0.15) is 12.6 Å². The normalized spacial score (nSPS) is 9.90. The molecule has 5 heteroatoms. The van der Waals surface area contributed by atoms with Gasteiger partial charge in [0.15, 0.2) is 0 Å². The first-order valence-corrected chi connectivity index (χ1v) is 6.17. The minimum Gasteiger partial charge on any atom is -0.340 e. The van der Waals surface area contributed by atoms with E-state index in [1.54, 1.807) is 6.92 Å². The van der Waals surface area contributed by atoms with E-state index >= 15 is 0 Å². The number of nitrogens with one attached hydrogen (secondary N) is 2. The topological polar surface area (TPSA) is 66.9 Å². The van der Waals surface area contributed by atoms with Crippen molar-refractivity contribution in [2.24, 2.45) is 0 Å². The van der Waals surface area contributed by atoms with Gasteiger partial charge in [0.1, 0.15) is 12.1 Å². The fourth-order valence-corrected chi connectivity index (χ4v) is 1.55. The fraction of sp³-hybridized carbons (Fsp3) is 0.133. The minimum absolute atomic E-state index is 0.183. The van der Waals surface area contributed by atoms with Crippen LogP contribution in [-0.4, -0.2) is 15.9 Å². The zero-order chi connectivity index (χ0) is 14.5. The smallest absolute Gasteiger partial charge is 0.250 e. The Kier molecular flexibility index (Phi) is 4.10. The van der Waals surface area contributed by atoms with Crippen molar-refractivity contribution in [3.63, 3.8) is 0 Å². The molecule has 102 valence electrons. The van der Waals surface area contributed by atoms with Crippen LogP contribution in [0.15, 0.2) is 48.8 Å². The molecule has 2 N–H and O–H groups in total. The zero-order valence-corrected chi connectivity index (χ0v) is 11.5. The van der Waals surface area contributed by atoms with Crippen LogP contribution in [0.4, 0.5) is 17.2 Å². The highest BCUT2D eigenvalue weighted by Crippen LogP contribution is 2.17. The Bertz CT molecular complexity index is 635. The third kappa shape index (κ3) is 3.65. The molecule has 0 saturated heterocycles. The molecule has 5 nitrogen and oxygen atoms in total. The summed E-state index contributed by atoms with van der Waals surface area (Å²) in [5.74, 6) is 0.549. The highest BCUT2D eigenvalue weighted by atomic mass is 16.1. The fourth-order valence-electron chi connectivity index (χ4n) is 1.55. The van der Waals surface area contributed by atoms with Crippen molar-refractivity contribution >= 4 is 23.1 Å². The average molecular weight is 268 g/mol. The maximum absolute atomic E-state index is 11.5. The van der Waals surface area contributed by atoms with Crippen LogP contribution in [0.3, 0.4) is 0 Å². The molecule has 0 aliphatic rings. The number of carbonyl (C=O) groups excluding carboxylic acids is 1. The lowest BCUT2D eigenvalue weighted by molar-refractivity contribution is -0.112. The Balaban J connectivity index is 2.05. The lowest BCUT2D eigenvalue weighted by atomic mass is 10.2. The van der Waals surface area contributed by atoms with Gasteiger partial charge >= 0.3 is 0 Å². The molecule has 0 aliphatic carbocycles. The van der Waals surface area contributed by atoms with Crippen molar-refractivity contribution in [1.29, 1.82) is 0 Å². The van der Waals surface area contributed by atoms with Crippen LogP contribution < -0.4 is 10.6 Å². The van der Waals surface area contributed by atoms with Crippen LogP contribution in [0.25, 0.3) is 0 Å². The van der Waals surface area contributed by atoms with Gasteiger partial charge in [0.05, 0.1) is 0 Å². The summed E-state index contributed by atoms with van der Waals surface area (Å²) in [4.78, 5) is 19.6. The molecule has 0 aliphatic heterocycles. The summed E-state index contributed by atoms with van der Waals surface area (Å²) in [6.45, 7) is 7.17. The Hall–Kier alpha value is -2.69. The van der Waals surface area contributed by atoms with Crippen molar-refractivity contribution in [3.05, 3.63) is 54.5 Å². The van der Waals surface area contributed by atoms with E-state index in [1.807, 2.05) is 37.3 Å². The molecule has 0 fully saturated rings. The van der Waals surface area contributed by atoms with Crippen molar-refractivity contribution in [1.82, 2.24) is 9.97 Å². The quantitative estimate of drug-likeness (QED) is 0.836. The third-order valence-electron chi connectivity index (χ3n) is 2.61. The number of nitrogens with zero attached hydrogens (tertiary/aromatic N) is 2.